The lowest BCUT2D eigenvalue weighted by Crippen LogP contribution is -2.33. The number of hydrogen-bond donors (Lipinski definition) is 2. The molecular formula is C12H25NO5. The fourth-order valence-corrected chi connectivity index (χ4v) is 1.40. The van der Waals surface area contributed by atoms with Crippen molar-refractivity contribution in [2.45, 2.75) is 45.4 Å². The van der Waals surface area contributed by atoms with Gasteiger partial charge in [-0.25, -0.2) is 9.68 Å². The van der Waals surface area contributed by atoms with Gasteiger partial charge >= 0.3 is 0 Å². The number of carbonyl (C=O) groups excluding carboxylic acids is 1. The van der Waals surface area contributed by atoms with Crippen LogP contribution in [0.15, 0.2) is 0 Å². The Labute approximate surface area is 108 Å². The highest BCUT2D eigenvalue weighted by atomic mass is 17.0. The summed E-state index contributed by atoms with van der Waals surface area (Å²) < 4.78 is 0. The van der Waals surface area contributed by atoms with Crippen LogP contribution in [0.25, 0.3) is 0 Å². The van der Waals surface area contributed by atoms with Crippen molar-refractivity contribution < 1.29 is 24.7 Å². The number of rotatable bonds is 12. The van der Waals surface area contributed by atoms with Gasteiger partial charge in [0, 0.05) is 6.42 Å². The average Bonchev–Trinajstić information content (AvgIpc) is 2.38. The predicted molar refractivity (Wildman–Crippen MR) is 66.3 cm³/mol. The first-order chi connectivity index (χ1) is 8.76. The SMILES string of the molecule is CCCCCCCC(=O)N(OCCO)OCCO. The molecule has 0 atom stereocenters. The van der Waals surface area contributed by atoms with Crippen molar-refractivity contribution in [3.63, 3.8) is 0 Å². The first-order valence-corrected chi connectivity index (χ1v) is 6.56. The highest BCUT2D eigenvalue weighted by Gasteiger charge is 2.14. The van der Waals surface area contributed by atoms with Crippen molar-refractivity contribution in [3.05, 3.63) is 0 Å². The first kappa shape index (κ1) is 17.3. The molecule has 6 heteroatoms. The molecule has 1 amide bonds. The van der Waals surface area contributed by atoms with Gasteiger partial charge in [-0.05, 0) is 6.42 Å². The average molecular weight is 263 g/mol. The van der Waals surface area contributed by atoms with Crippen LogP contribution in [0.2, 0.25) is 0 Å². The molecule has 0 saturated heterocycles. The minimum atomic E-state index is -0.284. The summed E-state index contributed by atoms with van der Waals surface area (Å²) in [4.78, 5) is 21.6. The van der Waals surface area contributed by atoms with Crippen LogP contribution < -0.4 is 0 Å². The molecule has 2 N–H and O–H groups in total. The molecular weight excluding hydrogens is 238 g/mol. The first-order valence-electron chi connectivity index (χ1n) is 6.56. The third kappa shape index (κ3) is 9.35. The summed E-state index contributed by atoms with van der Waals surface area (Å²) in [6.07, 6.45) is 5.62. The monoisotopic (exact) mass is 263 g/mol. The van der Waals surface area contributed by atoms with Gasteiger partial charge in [-0.2, -0.15) is 0 Å². The molecule has 0 aromatic carbocycles. The van der Waals surface area contributed by atoms with E-state index < -0.39 is 0 Å². The molecule has 0 bridgehead atoms. The molecule has 0 rings (SSSR count). The number of unbranched alkanes of at least 4 members (excludes halogenated alkanes) is 4. The van der Waals surface area contributed by atoms with Gasteiger partial charge in [0.2, 0.25) is 0 Å². The minimum absolute atomic E-state index is 0.00694. The van der Waals surface area contributed by atoms with Crippen molar-refractivity contribution in [3.8, 4) is 0 Å². The third-order valence-corrected chi connectivity index (χ3v) is 2.30. The molecule has 0 heterocycles. The Kier molecular flexibility index (Phi) is 12.3. The Hall–Kier alpha value is -0.690. The molecule has 0 radical (unpaired) electrons. The summed E-state index contributed by atoms with van der Waals surface area (Å²) in [7, 11) is 0. The van der Waals surface area contributed by atoms with E-state index >= 15 is 0 Å². The van der Waals surface area contributed by atoms with E-state index in [1.54, 1.807) is 0 Å². The molecule has 6 nitrogen and oxygen atoms in total. The summed E-state index contributed by atoms with van der Waals surface area (Å²) >= 11 is 0. The molecule has 0 aliphatic heterocycles. The summed E-state index contributed by atoms with van der Waals surface area (Å²) in [5.41, 5.74) is 0. The quantitative estimate of drug-likeness (QED) is 0.406. The van der Waals surface area contributed by atoms with Crippen LogP contribution in [0.5, 0.6) is 0 Å². The maximum atomic E-state index is 11.7. The fraction of sp³-hybridized carbons (Fsp3) is 0.917. The lowest BCUT2D eigenvalue weighted by molar-refractivity contribution is -0.345. The Morgan fingerprint density at radius 2 is 1.56 bits per heavy atom. The van der Waals surface area contributed by atoms with E-state index in [0.717, 1.165) is 24.5 Å². The van der Waals surface area contributed by atoms with Gasteiger partial charge in [-0.15, -0.1) is 0 Å². The molecule has 0 aliphatic carbocycles. The second-order valence-corrected chi connectivity index (χ2v) is 3.93. The van der Waals surface area contributed by atoms with Gasteiger partial charge in [0.1, 0.15) is 13.2 Å². The van der Waals surface area contributed by atoms with E-state index in [1.165, 1.54) is 12.8 Å². The number of nitrogens with zero attached hydrogens (tertiary/aromatic N) is 1. The van der Waals surface area contributed by atoms with Gasteiger partial charge < -0.3 is 10.2 Å². The number of hydrogen-bond acceptors (Lipinski definition) is 5. The lowest BCUT2D eigenvalue weighted by atomic mass is 10.1. The van der Waals surface area contributed by atoms with Crippen molar-refractivity contribution in [1.82, 2.24) is 5.23 Å². The second-order valence-electron chi connectivity index (χ2n) is 3.93. The number of amides is 1. The minimum Gasteiger partial charge on any atom is -0.394 e. The zero-order chi connectivity index (χ0) is 13.6. The third-order valence-electron chi connectivity index (χ3n) is 2.30. The molecule has 0 aromatic heterocycles. The highest BCUT2D eigenvalue weighted by Crippen LogP contribution is 2.07. The summed E-state index contributed by atoms with van der Waals surface area (Å²) in [6.45, 7) is 1.74. The van der Waals surface area contributed by atoms with E-state index in [2.05, 4.69) is 6.92 Å². The summed E-state index contributed by atoms with van der Waals surface area (Å²) in [5, 5.41) is 18.0. The van der Waals surface area contributed by atoms with Crippen LogP contribution in [0, 0.1) is 0 Å². The zero-order valence-corrected chi connectivity index (χ0v) is 11.1. The van der Waals surface area contributed by atoms with Gasteiger partial charge in [0.05, 0.1) is 13.2 Å². The van der Waals surface area contributed by atoms with E-state index in [-0.39, 0.29) is 32.3 Å². The van der Waals surface area contributed by atoms with Gasteiger partial charge in [-0.3, -0.25) is 4.79 Å². The maximum Gasteiger partial charge on any atom is 0.273 e. The predicted octanol–water partition coefficient (Wildman–Crippen LogP) is 1.02. The van der Waals surface area contributed by atoms with Gasteiger partial charge in [-0.1, -0.05) is 37.8 Å². The fourth-order valence-electron chi connectivity index (χ4n) is 1.40. The number of hydroxylamine groups is 2. The van der Waals surface area contributed by atoms with Crippen LogP contribution in [-0.2, 0) is 14.5 Å². The number of aliphatic hydroxyl groups is 2. The van der Waals surface area contributed by atoms with Crippen LogP contribution >= 0.6 is 0 Å². The highest BCUT2D eigenvalue weighted by molar-refractivity contribution is 5.73. The topological polar surface area (TPSA) is 79.2 Å². The number of carbonyl (C=O) groups is 1. The van der Waals surface area contributed by atoms with E-state index in [0.29, 0.717) is 6.42 Å². The van der Waals surface area contributed by atoms with Crippen molar-refractivity contribution in [2.75, 3.05) is 26.4 Å². The standard InChI is InChI=1S/C12H25NO5/c1-2-3-4-5-6-7-12(16)13(17-10-8-14)18-11-9-15/h14-15H,2-11H2,1H3. The van der Waals surface area contributed by atoms with Crippen LogP contribution in [0.3, 0.4) is 0 Å². The van der Waals surface area contributed by atoms with E-state index in [9.17, 15) is 4.79 Å². The lowest BCUT2D eigenvalue weighted by Gasteiger charge is -2.19. The molecule has 0 aliphatic rings. The molecule has 18 heavy (non-hydrogen) atoms. The van der Waals surface area contributed by atoms with Crippen molar-refractivity contribution >= 4 is 5.91 Å². The molecule has 108 valence electrons. The van der Waals surface area contributed by atoms with Gasteiger partial charge in [0.25, 0.3) is 5.91 Å². The Balaban J connectivity index is 3.80. The van der Waals surface area contributed by atoms with E-state index in [4.69, 9.17) is 19.9 Å². The summed E-state index contributed by atoms with van der Waals surface area (Å²) in [5.74, 6) is -0.284. The summed E-state index contributed by atoms with van der Waals surface area (Å²) in [6, 6.07) is 0. The van der Waals surface area contributed by atoms with Crippen molar-refractivity contribution in [2.24, 2.45) is 0 Å². The molecule has 0 spiro atoms. The Bertz CT molecular complexity index is 193. The Morgan fingerprint density at radius 3 is 2.06 bits per heavy atom. The molecule has 0 saturated carbocycles. The van der Waals surface area contributed by atoms with Crippen LogP contribution in [0.1, 0.15) is 45.4 Å². The van der Waals surface area contributed by atoms with Crippen LogP contribution in [0.4, 0.5) is 0 Å². The number of aliphatic hydroxyl groups excluding tert-OH is 2. The van der Waals surface area contributed by atoms with E-state index in [1.807, 2.05) is 0 Å². The molecule has 0 fully saturated rings. The van der Waals surface area contributed by atoms with Gasteiger partial charge in [0.15, 0.2) is 0 Å². The van der Waals surface area contributed by atoms with Crippen molar-refractivity contribution in [1.29, 1.82) is 0 Å². The maximum absolute atomic E-state index is 11.7. The zero-order valence-electron chi connectivity index (χ0n) is 11.1. The molecule has 0 aromatic rings. The normalized spacial score (nSPS) is 10.6. The largest absolute Gasteiger partial charge is 0.394 e. The molecule has 0 unspecified atom stereocenters. The Morgan fingerprint density at radius 1 is 1.00 bits per heavy atom. The smallest absolute Gasteiger partial charge is 0.273 e. The second kappa shape index (κ2) is 12.8. The van der Waals surface area contributed by atoms with Crippen LogP contribution in [-0.4, -0.2) is 47.8 Å².